The average Bonchev–Trinajstić information content (AvgIpc) is 2.73. The largest absolute Gasteiger partial charge is 0.381 e. The maximum Gasteiger partial charge on any atom is 0.0421 e. The first kappa shape index (κ1) is 23.8. The van der Waals surface area contributed by atoms with Gasteiger partial charge in [-0.05, 0) is 65.3 Å². The van der Waals surface area contributed by atoms with Crippen molar-refractivity contribution < 1.29 is 0 Å². The van der Waals surface area contributed by atoms with Crippen molar-refractivity contribution >= 4 is 16.8 Å². The van der Waals surface area contributed by atoms with E-state index in [4.69, 9.17) is 0 Å². The smallest absolute Gasteiger partial charge is 0.0421 e. The molecule has 0 atom stereocenters. The molecule has 0 radical (unpaired) electrons. The number of nitrogens with one attached hydrogen (secondary N) is 1. The van der Waals surface area contributed by atoms with Gasteiger partial charge in [0.25, 0.3) is 0 Å². The molecule has 1 aliphatic heterocycles. The summed E-state index contributed by atoms with van der Waals surface area (Å²) in [5, 5.41) is 3.35. The summed E-state index contributed by atoms with van der Waals surface area (Å²) in [6, 6.07) is 15.8. The van der Waals surface area contributed by atoms with E-state index in [1.165, 1.54) is 45.5 Å². The minimum absolute atomic E-state index is 0.985. The third-order valence-corrected chi connectivity index (χ3v) is 4.71. The summed E-state index contributed by atoms with van der Waals surface area (Å²) in [5.41, 5.74) is 9.46. The third-order valence-electron chi connectivity index (χ3n) is 4.71. The van der Waals surface area contributed by atoms with E-state index in [0.717, 1.165) is 19.4 Å². The summed E-state index contributed by atoms with van der Waals surface area (Å²) in [5.74, 6) is 0. The zero-order chi connectivity index (χ0) is 20.9. The molecule has 2 aromatic carbocycles. The normalized spacial score (nSPS) is 12.4. The van der Waals surface area contributed by atoms with Crippen molar-refractivity contribution in [3.63, 3.8) is 0 Å². The molecule has 1 aliphatic rings. The maximum absolute atomic E-state index is 3.35. The summed E-state index contributed by atoms with van der Waals surface area (Å²) < 4.78 is 0. The van der Waals surface area contributed by atoms with Crippen molar-refractivity contribution in [2.45, 2.75) is 74.3 Å². The Bertz CT molecular complexity index is 781. The highest BCUT2D eigenvalue weighted by Gasteiger charge is 2.14. The average molecular weight is 378 g/mol. The van der Waals surface area contributed by atoms with Gasteiger partial charge in [0.15, 0.2) is 0 Å². The van der Waals surface area contributed by atoms with Crippen LogP contribution in [0, 0.1) is 0 Å². The Morgan fingerprint density at radius 3 is 2.29 bits per heavy atom. The van der Waals surface area contributed by atoms with Gasteiger partial charge in [0, 0.05) is 12.2 Å². The van der Waals surface area contributed by atoms with Crippen LogP contribution >= 0.6 is 0 Å². The van der Waals surface area contributed by atoms with Crippen molar-refractivity contribution in [3.05, 3.63) is 76.9 Å². The van der Waals surface area contributed by atoms with Crippen LogP contribution < -0.4 is 5.32 Å². The van der Waals surface area contributed by atoms with E-state index in [9.17, 15) is 0 Å². The monoisotopic (exact) mass is 377 g/mol. The lowest BCUT2D eigenvalue weighted by molar-refractivity contribution is 0.921. The molecule has 0 saturated carbocycles. The van der Waals surface area contributed by atoms with Crippen LogP contribution in [0.25, 0.3) is 11.1 Å². The summed E-state index contributed by atoms with van der Waals surface area (Å²) in [6.07, 6.45) is 7.93. The Morgan fingerprint density at radius 1 is 0.964 bits per heavy atom. The Labute approximate surface area is 173 Å². The highest BCUT2D eigenvalue weighted by Crippen LogP contribution is 2.33. The number of hydrogen-bond donors (Lipinski definition) is 1. The third kappa shape index (κ3) is 6.12. The molecule has 28 heavy (non-hydrogen) atoms. The van der Waals surface area contributed by atoms with E-state index in [1.54, 1.807) is 0 Å². The van der Waals surface area contributed by atoms with E-state index in [0.29, 0.717) is 0 Å². The SMILES string of the molecule is CC.CC.CC/C=C\C(=C(/C)c1cccc(CCC)c1)c1ccc2c(c1)CN2. The first-order valence-corrected chi connectivity index (χ1v) is 11.1. The van der Waals surface area contributed by atoms with Crippen molar-refractivity contribution in [1.29, 1.82) is 0 Å². The van der Waals surface area contributed by atoms with Gasteiger partial charge in [-0.3, -0.25) is 0 Å². The molecule has 0 bridgehead atoms. The van der Waals surface area contributed by atoms with E-state index < -0.39 is 0 Å². The predicted octanol–water partition coefficient (Wildman–Crippen LogP) is 8.51. The molecule has 0 saturated heterocycles. The quantitative estimate of drug-likeness (QED) is 0.393. The van der Waals surface area contributed by atoms with Gasteiger partial charge < -0.3 is 5.32 Å². The minimum Gasteiger partial charge on any atom is -0.381 e. The van der Waals surface area contributed by atoms with Gasteiger partial charge in [0.1, 0.15) is 0 Å². The molecule has 0 spiro atoms. The Hall–Kier alpha value is -2.28. The van der Waals surface area contributed by atoms with Crippen molar-refractivity contribution in [2.75, 3.05) is 5.32 Å². The lowest BCUT2D eigenvalue weighted by Crippen LogP contribution is -2.13. The number of rotatable bonds is 6. The number of benzene rings is 2. The second-order valence-electron chi connectivity index (χ2n) is 6.53. The van der Waals surface area contributed by atoms with Crippen molar-refractivity contribution in [2.24, 2.45) is 0 Å². The van der Waals surface area contributed by atoms with Gasteiger partial charge >= 0.3 is 0 Å². The van der Waals surface area contributed by atoms with E-state index in [1.807, 2.05) is 27.7 Å². The second-order valence-corrected chi connectivity index (χ2v) is 6.53. The van der Waals surface area contributed by atoms with Gasteiger partial charge in [-0.25, -0.2) is 0 Å². The molecule has 0 aromatic heterocycles. The summed E-state index contributed by atoms with van der Waals surface area (Å²) in [6.45, 7) is 15.7. The molecule has 1 N–H and O–H groups in total. The van der Waals surface area contributed by atoms with Crippen molar-refractivity contribution in [3.8, 4) is 0 Å². The van der Waals surface area contributed by atoms with Crippen molar-refractivity contribution in [1.82, 2.24) is 0 Å². The summed E-state index contributed by atoms with van der Waals surface area (Å²) in [7, 11) is 0. The van der Waals surface area contributed by atoms with Crippen LogP contribution in [0.4, 0.5) is 5.69 Å². The fourth-order valence-corrected chi connectivity index (χ4v) is 3.24. The van der Waals surface area contributed by atoms with Gasteiger partial charge in [-0.15, -0.1) is 0 Å². The molecular formula is C27H39N. The first-order valence-electron chi connectivity index (χ1n) is 11.1. The van der Waals surface area contributed by atoms with Gasteiger partial charge in [-0.2, -0.15) is 0 Å². The van der Waals surface area contributed by atoms with Gasteiger partial charge in [-0.1, -0.05) is 90.4 Å². The van der Waals surface area contributed by atoms with E-state index in [2.05, 4.69) is 80.7 Å². The number of hydrogen-bond acceptors (Lipinski definition) is 1. The molecular weight excluding hydrogens is 338 g/mol. The molecule has 1 nitrogen and oxygen atoms in total. The second kappa shape index (κ2) is 13.0. The van der Waals surface area contributed by atoms with Crippen LogP contribution in [0.3, 0.4) is 0 Å². The van der Waals surface area contributed by atoms with Crippen LogP contribution in [-0.4, -0.2) is 0 Å². The molecule has 3 rings (SSSR count). The Kier molecular flexibility index (Phi) is 11.0. The zero-order valence-corrected chi connectivity index (χ0v) is 19.0. The lowest BCUT2D eigenvalue weighted by atomic mass is 9.91. The van der Waals surface area contributed by atoms with Crippen LogP contribution in [-0.2, 0) is 13.0 Å². The van der Waals surface area contributed by atoms with Gasteiger partial charge in [0.2, 0.25) is 0 Å². The lowest BCUT2D eigenvalue weighted by Gasteiger charge is -2.23. The molecule has 0 amide bonds. The first-order chi connectivity index (χ1) is 13.7. The van der Waals surface area contributed by atoms with E-state index >= 15 is 0 Å². The highest BCUT2D eigenvalue weighted by molar-refractivity contribution is 5.95. The topological polar surface area (TPSA) is 12.0 Å². The standard InChI is InChI=1S/C23H27N.2C2H6/c1-4-6-11-22(20-12-13-23-21(15-20)16-24-23)17(3)19-10-7-9-18(14-19)8-5-2;2*1-2/h6-7,9-15,24H,4-5,8,16H2,1-3H3;2*1-2H3/b11-6-,22-17-;;. The Morgan fingerprint density at radius 2 is 1.71 bits per heavy atom. The summed E-state index contributed by atoms with van der Waals surface area (Å²) >= 11 is 0. The van der Waals surface area contributed by atoms with Crippen LogP contribution in [0.1, 0.15) is 83.6 Å². The fraction of sp³-hybridized carbons (Fsp3) is 0.407. The van der Waals surface area contributed by atoms with Crippen LogP contribution in [0.2, 0.25) is 0 Å². The number of anilines is 1. The predicted molar refractivity (Wildman–Crippen MR) is 129 cm³/mol. The van der Waals surface area contributed by atoms with E-state index in [-0.39, 0.29) is 0 Å². The van der Waals surface area contributed by atoms with Crippen LogP contribution in [0.15, 0.2) is 54.6 Å². The molecule has 2 aromatic rings. The Balaban J connectivity index is 0.000000921. The number of allylic oxidation sites excluding steroid dienone is 4. The zero-order valence-electron chi connectivity index (χ0n) is 19.0. The molecule has 0 unspecified atom stereocenters. The molecule has 0 fully saturated rings. The van der Waals surface area contributed by atoms with Gasteiger partial charge in [0.05, 0.1) is 0 Å². The number of fused-ring (bicyclic) bond motifs is 1. The molecule has 0 aliphatic carbocycles. The molecule has 1 heterocycles. The van der Waals surface area contributed by atoms with Crippen LogP contribution in [0.5, 0.6) is 0 Å². The molecule has 152 valence electrons. The maximum atomic E-state index is 3.35. The molecule has 1 heteroatoms. The summed E-state index contributed by atoms with van der Waals surface area (Å²) in [4.78, 5) is 0. The fourth-order valence-electron chi connectivity index (χ4n) is 3.24. The highest BCUT2D eigenvalue weighted by atomic mass is 14.9. The number of aryl methyl sites for hydroxylation is 1. The minimum atomic E-state index is 0.985.